The molecule has 1 atom stereocenters. The fourth-order valence-corrected chi connectivity index (χ4v) is 4.87. The number of anilines is 1. The minimum atomic E-state index is 0.0812. The van der Waals surface area contributed by atoms with Gasteiger partial charge in [-0.1, -0.05) is 25.0 Å². The highest BCUT2D eigenvalue weighted by molar-refractivity contribution is 5.75. The van der Waals surface area contributed by atoms with Crippen LogP contribution >= 0.6 is 0 Å². The normalized spacial score (nSPS) is 18.9. The van der Waals surface area contributed by atoms with Crippen LogP contribution in [0.3, 0.4) is 0 Å². The number of benzene rings is 1. The summed E-state index contributed by atoms with van der Waals surface area (Å²) in [5.74, 6) is 1.54. The zero-order chi connectivity index (χ0) is 21.9. The number of aromatic nitrogens is 3. The highest BCUT2D eigenvalue weighted by atomic mass is 16.5. The molecule has 1 aliphatic carbocycles. The predicted octanol–water partition coefficient (Wildman–Crippen LogP) is 3.93. The standard InChI is InChI=1S/C24H30N6O2/c1-32-21-11-5-4-10-19(21)20-16-26-23-13-12-22(28-30(20)23)25-15-18-9-6-14-29(18)24(31)27-17-7-2-3-8-17/h4-5,10-13,16-18H,2-3,6-9,14-15H2,1H3,(H,25,28)(H,27,31). The Labute approximate surface area is 188 Å². The molecule has 168 valence electrons. The van der Waals surface area contributed by atoms with E-state index in [-0.39, 0.29) is 12.1 Å². The van der Waals surface area contributed by atoms with Crippen molar-refractivity contribution in [2.75, 3.05) is 25.5 Å². The number of rotatable bonds is 6. The van der Waals surface area contributed by atoms with Crippen molar-refractivity contribution in [2.24, 2.45) is 0 Å². The first-order chi connectivity index (χ1) is 15.7. The lowest BCUT2D eigenvalue weighted by Gasteiger charge is -2.27. The molecule has 8 heteroatoms. The first kappa shape index (κ1) is 20.6. The number of methoxy groups -OCH3 is 1. The van der Waals surface area contributed by atoms with E-state index in [1.807, 2.05) is 52.0 Å². The van der Waals surface area contributed by atoms with E-state index in [2.05, 4.69) is 15.6 Å². The number of carbonyl (C=O) groups excluding carboxylic acids is 1. The second kappa shape index (κ2) is 9.06. The number of fused-ring (bicyclic) bond motifs is 1. The Bertz CT molecular complexity index is 1090. The van der Waals surface area contributed by atoms with Gasteiger partial charge >= 0.3 is 6.03 Å². The number of ether oxygens (including phenoxy) is 1. The second-order valence-electron chi connectivity index (χ2n) is 8.63. The molecule has 2 fully saturated rings. The molecule has 0 spiro atoms. The van der Waals surface area contributed by atoms with Gasteiger partial charge in [-0.2, -0.15) is 0 Å². The lowest BCUT2D eigenvalue weighted by molar-refractivity contribution is 0.190. The van der Waals surface area contributed by atoms with Crippen LogP contribution in [0.4, 0.5) is 10.6 Å². The van der Waals surface area contributed by atoms with Gasteiger partial charge in [0, 0.05) is 24.7 Å². The topological polar surface area (TPSA) is 83.8 Å². The highest BCUT2D eigenvalue weighted by Crippen LogP contribution is 2.30. The van der Waals surface area contributed by atoms with Crippen LogP contribution < -0.4 is 15.4 Å². The minimum Gasteiger partial charge on any atom is -0.496 e. The summed E-state index contributed by atoms with van der Waals surface area (Å²) in [7, 11) is 1.67. The Morgan fingerprint density at radius 2 is 1.97 bits per heavy atom. The number of hydrogen-bond acceptors (Lipinski definition) is 5. The van der Waals surface area contributed by atoms with Crippen molar-refractivity contribution >= 4 is 17.5 Å². The number of likely N-dealkylation sites (tertiary alicyclic amines) is 1. The molecule has 0 radical (unpaired) electrons. The maximum Gasteiger partial charge on any atom is 0.317 e. The average Bonchev–Trinajstić information content (AvgIpc) is 3.58. The molecule has 2 amide bonds. The molecular weight excluding hydrogens is 404 g/mol. The maximum atomic E-state index is 12.8. The molecule has 1 aromatic carbocycles. The Balaban J connectivity index is 1.29. The minimum absolute atomic E-state index is 0.0812. The van der Waals surface area contributed by atoms with Gasteiger partial charge in [-0.15, -0.1) is 5.10 Å². The van der Waals surface area contributed by atoms with Crippen LogP contribution in [0, 0.1) is 0 Å². The van der Waals surface area contributed by atoms with Crippen molar-refractivity contribution in [2.45, 2.75) is 50.6 Å². The quantitative estimate of drug-likeness (QED) is 0.614. The van der Waals surface area contributed by atoms with Crippen LogP contribution in [0.25, 0.3) is 16.9 Å². The summed E-state index contributed by atoms with van der Waals surface area (Å²) < 4.78 is 7.35. The first-order valence-electron chi connectivity index (χ1n) is 11.5. The van der Waals surface area contributed by atoms with Gasteiger partial charge in [-0.3, -0.25) is 0 Å². The smallest absolute Gasteiger partial charge is 0.317 e. The number of urea groups is 1. The molecule has 1 unspecified atom stereocenters. The monoisotopic (exact) mass is 434 g/mol. The number of nitrogens with one attached hydrogen (secondary N) is 2. The molecule has 5 rings (SSSR count). The molecule has 2 aromatic heterocycles. The molecule has 1 aliphatic heterocycles. The predicted molar refractivity (Wildman–Crippen MR) is 124 cm³/mol. The van der Waals surface area contributed by atoms with Crippen LogP contribution in [-0.4, -0.2) is 57.8 Å². The largest absolute Gasteiger partial charge is 0.496 e. The number of carbonyl (C=O) groups is 1. The van der Waals surface area contributed by atoms with Gasteiger partial charge in [0.1, 0.15) is 11.6 Å². The van der Waals surface area contributed by atoms with E-state index in [1.165, 1.54) is 12.8 Å². The van der Waals surface area contributed by atoms with E-state index in [0.29, 0.717) is 12.6 Å². The van der Waals surface area contributed by atoms with Crippen LogP contribution in [0.15, 0.2) is 42.6 Å². The summed E-state index contributed by atoms with van der Waals surface area (Å²) in [6.45, 7) is 1.49. The number of amides is 2. The van der Waals surface area contributed by atoms with Crippen molar-refractivity contribution in [1.82, 2.24) is 24.8 Å². The highest BCUT2D eigenvalue weighted by Gasteiger charge is 2.30. The van der Waals surface area contributed by atoms with Crippen molar-refractivity contribution in [3.05, 3.63) is 42.6 Å². The summed E-state index contributed by atoms with van der Waals surface area (Å²) >= 11 is 0. The first-order valence-corrected chi connectivity index (χ1v) is 11.5. The number of nitrogens with zero attached hydrogens (tertiary/aromatic N) is 4. The van der Waals surface area contributed by atoms with Gasteiger partial charge in [-0.25, -0.2) is 14.3 Å². The summed E-state index contributed by atoms with van der Waals surface area (Å²) in [6.07, 6.45) is 8.50. The second-order valence-corrected chi connectivity index (χ2v) is 8.63. The fraction of sp³-hybridized carbons (Fsp3) is 0.458. The lowest BCUT2D eigenvalue weighted by Crippen LogP contribution is -2.48. The van der Waals surface area contributed by atoms with Gasteiger partial charge in [0.15, 0.2) is 5.65 Å². The van der Waals surface area contributed by atoms with Gasteiger partial charge in [0.2, 0.25) is 0 Å². The van der Waals surface area contributed by atoms with E-state index in [0.717, 1.165) is 60.7 Å². The molecule has 2 N–H and O–H groups in total. The van der Waals surface area contributed by atoms with E-state index in [4.69, 9.17) is 9.84 Å². The molecule has 3 aromatic rings. The fourth-order valence-electron chi connectivity index (χ4n) is 4.87. The lowest BCUT2D eigenvalue weighted by atomic mass is 10.1. The Hall–Kier alpha value is -3.29. The molecular formula is C24H30N6O2. The Morgan fingerprint density at radius 1 is 1.12 bits per heavy atom. The number of imidazole rings is 1. The molecule has 3 heterocycles. The Kier molecular flexibility index (Phi) is 5.83. The zero-order valence-electron chi connectivity index (χ0n) is 18.5. The third kappa shape index (κ3) is 4.09. The van der Waals surface area contributed by atoms with E-state index < -0.39 is 0 Å². The molecule has 8 nitrogen and oxygen atoms in total. The van der Waals surface area contributed by atoms with Gasteiger partial charge in [0.25, 0.3) is 0 Å². The van der Waals surface area contributed by atoms with E-state index in [9.17, 15) is 4.79 Å². The number of para-hydroxylation sites is 1. The molecule has 0 bridgehead atoms. The SMILES string of the molecule is COc1ccccc1-c1cnc2ccc(NCC3CCCN3C(=O)NC3CCCC3)nn12. The van der Waals surface area contributed by atoms with Crippen LogP contribution in [0.5, 0.6) is 5.75 Å². The summed E-state index contributed by atoms with van der Waals surface area (Å²) in [4.78, 5) is 19.2. The van der Waals surface area contributed by atoms with Crippen LogP contribution in [0.2, 0.25) is 0 Å². The third-order valence-corrected chi connectivity index (χ3v) is 6.58. The van der Waals surface area contributed by atoms with Crippen molar-refractivity contribution in [3.8, 4) is 17.0 Å². The third-order valence-electron chi connectivity index (χ3n) is 6.58. The zero-order valence-corrected chi connectivity index (χ0v) is 18.5. The molecule has 2 aliphatic rings. The van der Waals surface area contributed by atoms with Crippen LogP contribution in [-0.2, 0) is 0 Å². The summed E-state index contributed by atoms with van der Waals surface area (Å²) in [5, 5.41) is 11.4. The van der Waals surface area contributed by atoms with Crippen LogP contribution in [0.1, 0.15) is 38.5 Å². The Morgan fingerprint density at radius 3 is 2.81 bits per heavy atom. The van der Waals surface area contributed by atoms with E-state index >= 15 is 0 Å². The number of hydrogen-bond donors (Lipinski definition) is 2. The molecule has 32 heavy (non-hydrogen) atoms. The summed E-state index contributed by atoms with van der Waals surface area (Å²) in [6, 6.07) is 12.3. The van der Waals surface area contributed by atoms with Gasteiger partial charge < -0.3 is 20.3 Å². The van der Waals surface area contributed by atoms with Crippen molar-refractivity contribution in [3.63, 3.8) is 0 Å². The van der Waals surface area contributed by atoms with Crippen molar-refractivity contribution < 1.29 is 9.53 Å². The maximum absolute atomic E-state index is 12.8. The molecule has 1 saturated heterocycles. The summed E-state index contributed by atoms with van der Waals surface area (Å²) in [5.41, 5.74) is 2.59. The van der Waals surface area contributed by atoms with Crippen molar-refractivity contribution in [1.29, 1.82) is 0 Å². The van der Waals surface area contributed by atoms with Gasteiger partial charge in [-0.05, 0) is 49.9 Å². The molecule has 1 saturated carbocycles. The van der Waals surface area contributed by atoms with E-state index in [1.54, 1.807) is 7.11 Å². The van der Waals surface area contributed by atoms with Gasteiger partial charge in [0.05, 0.1) is 25.0 Å². The average molecular weight is 435 g/mol.